The first-order valence-corrected chi connectivity index (χ1v) is 32.1. The topological polar surface area (TPSA) is 451 Å². The normalized spacial score (nSPS) is 27.0. The van der Waals surface area contributed by atoms with E-state index in [9.17, 15) is 74.1 Å². The Morgan fingerprint density at radius 2 is 1.39 bits per heavy atom. The summed E-state index contributed by atoms with van der Waals surface area (Å²) in [6, 6.07) is 6.88. The molecule has 4 saturated heterocycles. The fourth-order valence-corrected chi connectivity index (χ4v) is 13.6. The number of β-amino-alcohol motifs (C(OH)–C–C–N with tert-alkyl or cyclic N) is 1. The highest BCUT2D eigenvalue weighted by Gasteiger charge is 2.50. The summed E-state index contributed by atoms with van der Waals surface area (Å²) in [7, 11) is 0. The van der Waals surface area contributed by atoms with E-state index in [1.165, 1.54) is 68.6 Å². The number of aliphatic hydroxyl groups excluding tert-OH is 6. The standard InChI is InChI=1S/C60H78N12O19S2/c1-30-28-72-50(51(30)80)56(85)62-27-38(74)24-40(63-52(81)33-9-11-34(12-10-33)57-67-68-58(92-57)35-13-15-37(16-14-35)70-20-18-69(19-21-70)36-6-4-3-5-7-36)53(82)64-47(31(2)73)59(86)71-29-39(75)25-41(71)54(83)65-48(55(84)66-49(60(72)87)44(78)26-46(61)79)43(77)22-32-8-17-42(76)45(23-32)89-93-91-90-88/h8-17,23,30-31,36,38-41,43-44,47-51,73-78,80,88H,3-7,18-22,24-29H2,1-2H3,(H2,61,79)(H,62,85)(H,63,81)(H,64,82)(H,65,83)(H,66,84)/t30?,31?,38?,39?,40-,41?,43?,44?,47?,48?,49?,50?,51?/m0/s1. The molecule has 5 fully saturated rings. The minimum atomic E-state index is -2.22. The van der Waals surface area contributed by atoms with E-state index in [0.717, 1.165) is 66.3 Å². The zero-order chi connectivity index (χ0) is 66.8. The number of benzene rings is 3. The first-order valence-electron chi connectivity index (χ1n) is 30.6. The molecular weight excluding hydrogens is 1260 g/mol. The van der Waals surface area contributed by atoms with E-state index >= 15 is 0 Å². The van der Waals surface area contributed by atoms with Gasteiger partial charge in [-0.1, -0.05) is 65.1 Å². The Bertz CT molecular complexity index is 3300. The third-order valence-electron chi connectivity index (χ3n) is 17.5. The number of carbonyl (C=O) groups is 8. The SMILES string of the molecule is CC(O)C1NC(=O)[C@@H](NC(=O)c2ccc(-c3nnc(-c4ccc(N5CCN(C6CCCCC6)CC5)cc4)s3)cc2)CC(O)CNC(=O)C2C(O)C(C)CN2C(=O)C(C(O)CC(N)=O)NC(=O)C(C(O)Cc2ccc(O)c(OSOOO)c2)NC(=O)C2CC(O)CN2C1=O. The van der Waals surface area contributed by atoms with Crippen LogP contribution in [0.1, 0.15) is 81.1 Å². The number of piperazine rings is 1. The van der Waals surface area contributed by atoms with Gasteiger partial charge in [0.1, 0.15) is 46.3 Å². The quantitative estimate of drug-likeness (QED) is 0.0240. The van der Waals surface area contributed by atoms with Gasteiger partial charge in [0.2, 0.25) is 41.4 Å². The van der Waals surface area contributed by atoms with E-state index in [2.05, 4.69) is 68.1 Å². The largest absolute Gasteiger partial charge is 0.504 e. The lowest BCUT2D eigenvalue weighted by Gasteiger charge is -2.41. The maximum Gasteiger partial charge on any atom is 0.261 e. The van der Waals surface area contributed by atoms with Gasteiger partial charge in [0.05, 0.1) is 43.0 Å². The van der Waals surface area contributed by atoms with Crippen LogP contribution in [0.2, 0.25) is 0 Å². The van der Waals surface area contributed by atoms with Crippen LogP contribution in [0.15, 0.2) is 66.7 Å². The van der Waals surface area contributed by atoms with Gasteiger partial charge in [0.25, 0.3) is 18.2 Å². The van der Waals surface area contributed by atoms with Crippen molar-refractivity contribution in [3.8, 4) is 32.6 Å². The number of aromatic nitrogens is 2. The zero-order valence-corrected chi connectivity index (χ0v) is 52.5. The fraction of sp³-hybridized carbons (Fsp3) is 0.533. The molecule has 15 N–H and O–H groups in total. The lowest BCUT2D eigenvalue weighted by molar-refractivity contribution is -0.433. The molecule has 0 spiro atoms. The summed E-state index contributed by atoms with van der Waals surface area (Å²) in [5.41, 5.74) is 8.13. The number of primary amides is 1. The van der Waals surface area contributed by atoms with E-state index in [1.807, 2.05) is 12.1 Å². The maximum atomic E-state index is 14.7. The van der Waals surface area contributed by atoms with E-state index in [1.54, 1.807) is 12.1 Å². The average Bonchev–Trinajstić information content (AvgIpc) is 1.74. The summed E-state index contributed by atoms with van der Waals surface area (Å²) < 4.78 is 9.31. The van der Waals surface area contributed by atoms with Crippen molar-refractivity contribution in [3.63, 3.8) is 0 Å². The molecule has 3 aromatic carbocycles. The number of phenols is 1. The lowest BCUT2D eigenvalue weighted by atomic mass is 9.94. The summed E-state index contributed by atoms with van der Waals surface area (Å²) in [5.74, 6) is -11.0. The number of aromatic hydroxyl groups is 1. The molecule has 0 radical (unpaired) electrons. The van der Waals surface area contributed by atoms with Gasteiger partial charge in [-0.15, -0.1) is 10.2 Å². The molecule has 12 unspecified atom stereocenters. The first-order chi connectivity index (χ1) is 44.5. The molecule has 31 nitrogen and oxygen atoms in total. The summed E-state index contributed by atoms with van der Waals surface area (Å²) in [5, 5.41) is 113. The Hall–Kier alpha value is -7.67. The molecule has 1 aliphatic carbocycles. The molecule has 5 heterocycles. The average molecular weight is 1340 g/mol. The van der Waals surface area contributed by atoms with Crippen LogP contribution >= 0.6 is 23.7 Å². The van der Waals surface area contributed by atoms with Crippen LogP contribution in [0.4, 0.5) is 5.69 Å². The summed E-state index contributed by atoms with van der Waals surface area (Å²) in [6.07, 6.45) is -7.11. The maximum absolute atomic E-state index is 14.7. The number of phenolic OH excluding ortho intramolecular Hbond substituents is 1. The van der Waals surface area contributed by atoms with Crippen LogP contribution in [-0.2, 0) is 49.4 Å². The number of amides is 8. The molecule has 5 aliphatic rings. The molecule has 13 atom stereocenters. The molecule has 8 amide bonds. The zero-order valence-electron chi connectivity index (χ0n) is 50.9. The third-order valence-corrected chi connectivity index (χ3v) is 18.9. The van der Waals surface area contributed by atoms with E-state index in [0.29, 0.717) is 21.6 Å². The van der Waals surface area contributed by atoms with Gasteiger partial charge in [-0.3, -0.25) is 43.3 Å². The van der Waals surface area contributed by atoms with E-state index < -0.39 is 177 Å². The number of hydrogen-bond acceptors (Lipinski definition) is 25. The minimum Gasteiger partial charge on any atom is -0.504 e. The van der Waals surface area contributed by atoms with Crippen LogP contribution in [-0.4, -0.2) is 238 Å². The monoisotopic (exact) mass is 1330 g/mol. The first kappa shape index (κ1) is 69.7. The van der Waals surface area contributed by atoms with Crippen molar-refractivity contribution < 1.29 is 92.9 Å². The minimum absolute atomic E-state index is 0.0187. The Morgan fingerprint density at radius 3 is 2.03 bits per heavy atom. The van der Waals surface area contributed by atoms with Gasteiger partial charge < -0.3 is 86.9 Å². The molecule has 0 bridgehead atoms. The van der Waals surface area contributed by atoms with E-state index in [4.69, 9.17) is 15.2 Å². The summed E-state index contributed by atoms with van der Waals surface area (Å²) >= 11 is 1.40. The molecule has 4 aliphatic heterocycles. The van der Waals surface area contributed by atoms with Crippen LogP contribution in [0.25, 0.3) is 21.1 Å². The molecule has 4 aromatic rings. The summed E-state index contributed by atoms with van der Waals surface area (Å²) in [6.45, 7) is 4.85. The van der Waals surface area contributed by atoms with Gasteiger partial charge in [0, 0.05) is 99.4 Å². The number of nitrogens with two attached hydrogens (primary N) is 1. The number of carbonyl (C=O) groups excluding carboxylic acids is 8. The van der Waals surface area contributed by atoms with Crippen LogP contribution in [0.5, 0.6) is 11.5 Å². The van der Waals surface area contributed by atoms with Gasteiger partial charge in [-0.05, 0) is 73.9 Å². The van der Waals surface area contributed by atoms with E-state index in [-0.39, 0.29) is 29.2 Å². The van der Waals surface area contributed by atoms with Crippen molar-refractivity contribution in [3.05, 3.63) is 77.9 Å². The number of rotatable bonds is 17. The second-order valence-electron chi connectivity index (χ2n) is 24.1. The molecule has 1 saturated carbocycles. The Labute approximate surface area is 542 Å². The van der Waals surface area contributed by atoms with Crippen molar-refractivity contribution in [1.29, 1.82) is 0 Å². The van der Waals surface area contributed by atoms with Gasteiger partial charge in [-0.2, -0.15) is 0 Å². The van der Waals surface area contributed by atoms with Crippen LogP contribution in [0, 0.1) is 5.92 Å². The highest BCUT2D eigenvalue weighted by atomic mass is 32.2. The predicted octanol–water partition coefficient (Wildman–Crippen LogP) is -1.78. The molecule has 33 heteroatoms. The highest BCUT2D eigenvalue weighted by molar-refractivity contribution is 7.90. The van der Waals surface area contributed by atoms with Gasteiger partial charge >= 0.3 is 0 Å². The molecule has 1 aromatic heterocycles. The van der Waals surface area contributed by atoms with Crippen molar-refractivity contribution in [2.75, 3.05) is 50.7 Å². The Balaban J connectivity index is 0.961. The molecule has 504 valence electrons. The van der Waals surface area contributed by atoms with Crippen LogP contribution < -0.4 is 41.4 Å². The summed E-state index contributed by atoms with van der Waals surface area (Å²) in [4.78, 5) is 120. The lowest BCUT2D eigenvalue weighted by Crippen LogP contribution is -2.64. The number of anilines is 1. The smallest absolute Gasteiger partial charge is 0.261 e. The van der Waals surface area contributed by atoms with Gasteiger partial charge in [-0.25, -0.2) is 5.26 Å². The van der Waals surface area contributed by atoms with Gasteiger partial charge in [0.15, 0.2) is 11.5 Å². The third kappa shape index (κ3) is 17.2. The van der Waals surface area contributed by atoms with Crippen LogP contribution in [0.3, 0.4) is 0 Å². The van der Waals surface area contributed by atoms with Crippen molar-refractivity contribution >= 4 is 76.6 Å². The molecular formula is C60H78N12O19S2. The number of hydrogen-bond donors (Lipinski definition) is 14. The fourth-order valence-electron chi connectivity index (χ4n) is 12.5. The van der Waals surface area contributed by atoms with Crippen molar-refractivity contribution in [2.45, 2.75) is 151 Å². The number of fused-ring (bicyclic) bond motifs is 2. The number of nitrogens with zero attached hydrogens (tertiary/aromatic N) is 6. The number of nitrogens with one attached hydrogen (secondary N) is 5. The predicted molar refractivity (Wildman–Crippen MR) is 331 cm³/mol. The number of aliphatic hydroxyl groups is 6. The van der Waals surface area contributed by atoms with Crippen molar-refractivity contribution in [2.24, 2.45) is 11.7 Å². The Morgan fingerprint density at radius 1 is 0.753 bits per heavy atom. The second kappa shape index (κ2) is 31.5. The molecule has 93 heavy (non-hydrogen) atoms. The second-order valence-corrected chi connectivity index (χ2v) is 25.5. The Kier molecular flexibility index (Phi) is 23.6. The highest BCUT2D eigenvalue weighted by Crippen LogP contribution is 2.34. The van der Waals surface area contributed by atoms with Crippen molar-refractivity contribution in [1.82, 2.24) is 51.5 Å². The molecule has 9 rings (SSSR count).